The second-order valence-corrected chi connectivity index (χ2v) is 9.13. The van der Waals surface area contributed by atoms with E-state index in [-0.39, 0.29) is 6.04 Å². The Labute approximate surface area is 126 Å². The highest BCUT2D eigenvalue weighted by Crippen LogP contribution is 2.41. The second-order valence-electron chi connectivity index (χ2n) is 6.28. The van der Waals surface area contributed by atoms with Gasteiger partial charge in [0.15, 0.2) is 0 Å². The van der Waals surface area contributed by atoms with Crippen LogP contribution in [0.25, 0.3) is 0 Å². The first kappa shape index (κ1) is 17.1. The van der Waals surface area contributed by atoms with Gasteiger partial charge in [0.25, 0.3) is 20.2 Å². The van der Waals surface area contributed by atoms with Crippen LogP contribution in [0.5, 0.6) is 0 Å². The lowest BCUT2D eigenvalue weighted by Crippen LogP contribution is -2.46. The summed E-state index contributed by atoms with van der Waals surface area (Å²) in [7, 11) is -8.65. The molecule has 2 N–H and O–H groups in total. The zero-order chi connectivity index (χ0) is 15.7. The number of nitrogens with zero attached hydrogens (tertiary/aromatic N) is 1. The first-order valence-electron chi connectivity index (χ1n) is 7.28. The minimum absolute atomic E-state index is 0.229. The van der Waals surface area contributed by atoms with Crippen LogP contribution in [0.4, 0.5) is 0 Å². The Morgan fingerprint density at radius 2 is 1.33 bits per heavy atom. The lowest BCUT2D eigenvalue weighted by molar-refractivity contribution is 0.0915. The molecule has 0 aliphatic heterocycles. The Hall–Kier alpha value is -0.220. The molecule has 0 heterocycles. The van der Waals surface area contributed by atoms with Gasteiger partial charge in [-0.25, -0.2) is 0 Å². The maximum Gasteiger partial charge on any atom is 0.278 e. The number of fused-ring (bicyclic) bond motifs is 1. The van der Waals surface area contributed by atoms with Crippen LogP contribution in [-0.4, -0.2) is 48.6 Å². The van der Waals surface area contributed by atoms with E-state index in [0.29, 0.717) is 18.3 Å². The minimum Gasteiger partial charge on any atom is -0.285 e. The van der Waals surface area contributed by atoms with E-state index in [1.165, 1.54) is 17.7 Å². The van der Waals surface area contributed by atoms with Crippen molar-refractivity contribution in [3.8, 4) is 0 Å². The third-order valence-electron chi connectivity index (χ3n) is 4.69. The van der Waals surface area contributed by atoms with E-state index >= 15 is 0 Å². The maximum atomic E-state index is 11.1. The SMILES string of the molecule is O=S(=O)(O)CN(CS(=O)(=O)O)C1CCC2CCCCC2C1. The average molecular weight is 341 g/mol. The van der Waals surface area contributed by atoms with Gasteiger partial charge in [0.1, 0.15) is 11.8 Å². The summed E-state index contributed by atoms with van der Waals surface area (Å²) in [5, 5.41) is 0. The molecule has 9 heteroatoms. The molecule has 0 aromatic carbocycles. The smallest absolute Gasteiger partial charge is 0.278 e. The van der Waals surface area contributed by atoms with Gasteiger partial charge in [-0.15, -0.1) is 0 Å². The zero-order valence-corrected chi connectivity index (χ0v) is 13.5. The van der Waals surface area contributed by atoms with E-state index in [2.05, 4.69) is 0 Å². The molecule has 2 aliphatic rings. The van der Waals surface area contributed by atoms with Crippen LogP contribution >= 0.6 is 0 Å². The van der Waals surface area contributed by atoms with Gasteiger partial charge in [-0.05, 0) is 31.1 Å². The first-order valence-corrected chi connectivity index (χ1v) is 10.5. The quantitative estimate of drug-likeness (QED) is 0.726. The summed E-state index contributed by atoms with van der Waals surface area (Å²) in [5.41, 5.74) is 0. The van der Waals surface area contributed by atoms with E-state index in [4.69, 9.17) is 9.11 Å². The van der Waals surface area contributed by atoms with Gasteiger partial charge in [0, 0.05) is 6.04 Å². The molecular weight excluding hydrogens is 318 g/mol. The Balaban J connectivity index is 2.09. The first-order chi connectivity index (χ1) is 9.64. The molecule has 0 aromatic heterocycles. The van der Waals surface area contributed by atoms with Crippen LogP contribution < -0.4 is 0 Å². The average Bonchev–Trinajstić information content (AvgIpc) is 2.34. The molecule has 2 saturated carbocycles. The molecular formula is C12H23NO6S2. The molecule has 0 aromatic rings. The van der Waals surface area contributed by atoms with Crippen molar-refractivity contribution in [3.63, 3.8) is 0 Å². The lowest BCUT2D eigenvalue weighted by atomic mass is 9.69. The third kappa shape index (κ3) is 5.48. The molecule has 2 aliphatic carbocycles. The van der Waals surface area contributed by atoms with Crippen LogP contribution in [0.15, 0.2) is 0 Å². The van der Waals surface area contributed by atoms with E-state index in [1.54, 1.807) is 0 Å². The summed E-state index contributed by atoms with van der Waals surface area (Å²) in [6.45, 7) is 0. The molecule has 3 atom stereocenters. The van der Waals surface area contributed by atoms with Crippen molar-refractivity contribution in [2.75, 3.05) is 11.8 Å². The molecule has 124 valence electrons. The lowest BCUT2D eigenvalue weighted by Gasteiger charge is -2.42. The van der Waals surface area contributed by atoms with Crippen LogP contribution in [0.1, 0.15) is 44.9 Å². The molecule has 0 bridgehead atoms. The molecule has 7 nitrogen and oxygen atoms in total. The Morgan fingerprint density at radius 3 is 1.86 bits per heavy atom. The monoisotopic (exact) mass is 341 g/mol. The fourth-order valence-electron chi connectivity index (χ4n) is 3.85. The molecule has 21 heavy (non-hydrogen) atoms. The van der Waals surface area contributed by atoms with Gasteiger partial charge in [0.2, 0.25) is 0 Å². The number of hydrogen-bond acceptors (Lipinski definition) is 5. The standard InChI is InChI=1S/C12H23NO6S2/c14-20(15,16)8-13(9-21(17,18)19)12-6-5-10-3-1-2-4-11(10)7-12/h10-12H,1-9H2,(H,14,15,16)(H,17,18,19). The van der Waals surface area contributed by atoms with Crippen molar-refractivity contribution in [2.45, 2.75) is 51.0 Å². The van der Waals surface area contributed by atoms with Gasteiger partial charge in [-0.1, -0.05) is 25.7 Å². The maximum absolute atomic E-state index is 11.1. The van der Waals surface area contributed by atoms with Crippen molar-refractivity contribution >= 4 is 20.2 Å². The van der Waals surface area contributed by atoms with Crippen LogP contribution in [-0.2, 0) is 20.2 Å². The molecule has 0 amide bonds. The van der Waals surface area contributed by atoms with Crippen molar-refractivity contribution in [3.05, 3.63) is 0 Å². The topological polar surface area (TPSA) is 112 Å². The van der Waals surface area contributed by atoms with E-state index in [1.807, 2.05) is 0 Å². The fourth-order valence-corrected chi connectivity index (χ4v) is 5.41. The second kappa shape index (κ2) is 6.49. The van der Waals surface area contributed by atoms with Crippen molar-refractivity contribution in [1.29, 1.82) is 0 Å². The molecule has 2 fully saturated rings. The summed E-state index contributed by atoms with van der Waals surface area (Å²) < 4.78 is 62.4. The summed E-state index contributed by atoms with van der Waals surface area (Å²) in [6, 6.07) is -0.229. The van der Waals surface area contributed by atoms with Crippen LogP contribution in [0, 0.1) is 11.8 Å². The summed E-state index contributed by atoms with van der Waals surface area (Å²) in [4.78, 5) is 1.18. The van der Waals surface area contributed by atoms with Gasteiger partial charge in [0.05, 0.1) is 0 Å². The molecule has 0 spiro atoms. The van der Waals surface area contributed by atoms with Crippen molar-refractivity contribution < 1.29 is 25.9 Å². The normalized spacial score (nSPS) is 31.1. The van der Waals surface area contributed by atoms with E-state index in [9.17, 15) is 16.8 Å². The van der Waals surface area contributed by atoms with Crippen molar-refractivity contribution in [1.82, 2.24) is 4.90 Å². The predicted molar refractivity (Wildman–Crippen MR) is 77.8 cm³/mol. The third-order valence-corrected chi connectivity index (χ3v) is 6.00. The number of hydrogen-bond donors (Lipinski definition) is 2. The fraction of sp³-hybridized carbons (Fsp3) is 1.00. The summed E-state index contributed by atoms with van der Waals surface area (Å²) in [5.74, 6) is -0.375. The largest absolute Gasteiger partial charge is 0.285 e. The molecule has 2 rings (SSSR count). The highest BCUT2D eigenvalue weighted by molar-refractivity contribution is 7.86. The highest BCUT2D eigenvalue weighted by atomic mass is 32.2. The Bertz CT molecular complexity index is 524. The molecule has 0 radical (unpaired) electrons. The van der Waals surface area contributed by atoms with Gasteiger partial charge < -0.3 is 0 Å². The highest BCUT2D eigenvalue weighted by Gasteiger charge is 2.36. The van der Waals surface area contributed by atoms with E-state index in [0.717, 1.165) is 25.7 Å². The van der Waals surface area contributed by atoms with Gasteiger partial charge in [-0.2, -0.15) is 16.8 Å². The number of rotatable bonds is 5. The molecule has 0 saturated heterocycles. The minimum atomic E-state index is -4.32. The Kier molecular flexibility index (Phi) is 5.30. The summed E-state index contributed by atoms with van der Waals surface area (Å²) in [6.07, 6.45) is 7.04. The predicted octanol–water partition coefficient (Wildman–Crippen LogP) is 1.34. The zero-order valence-electron chi connectivity index (χ0n) is 11.9. The van der Waals surface area contributed by atoms with E-state index < -0.39 is 32.0 Å². The Morgan fingerprint density at radius 1 is 0.810 bits per heavy atom. The molecule has 3 unspecified atom stereocenters. The van der Waals surface area contributed by atoms with Gasteiger partial charge >= 0.3 is 0 Å². The van der Waals surface area contributed by atoms with Crippen molar-refractivity contribution in [2.24, 2.45) is 11.8 Å². The van der Waals surface area contributed by atoms with Gasteiger partial charge in [-0.3, -0.25) is 14.0 Å². The summed E-state index contributed by atoms with van der Waals surface area (Å²) >= 11 is 0. The van der Waals surface area contributed by atoms with Crippen LogP contribution in [0.2, 0.25) is 0 Å². The van der Waals surface area contributed by atoms with Crippen LogP contribution in [0.3, 0.4) is 0 Å².